The van der Waals surface area contributed by atoms with Gasteiger partial charge in [0.2, 0.25) is 0 Å². The van der Waals surface area contributed by atoms with E-state index >= 15 is 0 Å². The summed E-state index contributed by atoms with van der Waals surface area (Å²) in [7, 11) is 0. The molecule has 1 heterocycles. The molecule has 2 rings (SSSR count). The average Bonchev–Trinajstić information content (AvgIpc) is 2.86. The number of benzene rings is 1. The number of hydrogen-bond donors (Lipinski definition) is 1. The first-order chi connectivity index (χ1) is 9.11. The highest BCUT2D eigenvalue weighted by Gasteiger charge is 2.08. The normalized spacial score (nSPS) is 12.6. The Morgan fingerprint density at radius 2 is 1.95 bits per heavy atom. The van der Waals surface area contributed by atoms with Crippen LogP contribution in [0.2, 0.25) is 0 Å². The van der Waals surface area contributed by atoms with Crippen LogP contribution in [0.5, 0.6) is 0 Å². The molecule has 2 heteroatoms. The van der Waals surface area contributed by atoms with E-state index in [1.54, 1.807) is 0 Å². The van der Waals surface area contributed by atoms with E-state index in [1.807, 2.05) is 11.3 Å². The predicted octanol–water partition coefficient (Wildman–Crippen LogP) is 4.78. The second-order valence-electron chi connectivity index (χ2n) is 5.17. The quantitative estimate of drug-likeness (QED) is 0.827. The van der Waals surface area contributed by atoms with Gasteiger partial charge in [-0.25, -0.2) is 0 Å². The highest BCUT2D eigenvalue weighted by Crippen LogP contribution is 2.20. The van der Waals surface area contributed by atoms with Gasteiger partial charge in [0.25, 0.3) is 0 Å². The van der Waals surface area contributed by atoms with Crippen molar-refractivity contribution in [2.75, 3.05) is 0 Å². The fourth-order valence-electron chi connectivity index (χ4n) is 2.23. The molecular formula is C17H23NS. The number of thiophene rings is 1. The topological polar surface area (TPSA) is 12.0 Å². The van der Waals surface area contributed by atoms with Gasteiger partial charge in [-0.2, -0.15) is 0 Å². The van der Waals surface area contributed by atoms with Crippen molar-refractivity contribution in [3.63, 3.8) is 0 Å². The molecule has 0 saturated heterocycles. The number of hydrogen-bond acceptors (Lipinski definition) is 2. The molecule has 1 atom stereocenters. The second kappa shape index (κ2) is 6.36. The van der Waals surface area contributed by atoms with Crippen molar-refractivity contribution < 1.29 is 0 Å². The van der Waals surface area contributed by atoms with Crippen molar-refractivity contribution in [1.82, 2.24) is 5.32 Å². The maximum absolute atomic E-state index is 3.63. The predicted molar refractivity (Wildman–Crippen MR) is 84.9 cm³/mol. The van der Waals surface area contributed by atoms with Crippen LogP contribution in [0.15, 0.2) is 29.6 Å². The summed E-state index contributed by atoms with van der Waals surface area (Å²) in [5, 5.41) is 5.82. The van der Waals surface area contributed by atoms with Crippen molar-refractivity contribution in [2.45, 2.75) is 46.7 Å². The summed E-state index contributed by atoms with van der Waals surface area (Å²) in [5.41, 5.74) is 5.58. The molecule has 1 nitrogen and oxygen atoms in total. The zero-order valence-electron chi connectivity index (χ0n) is 12.3. The lowest BCUT2D eigenvalue weighted by Gasteiger charge is -2.15. The lowest BCUT2D eigenvalue weighted by Crippen LogP contribution is -2.18. The summed E-state index contributed by atoms with van der Waals surface area (Å²) in [5.74, 6) is 0. The van der Waals surface area contributed by atoms with E-state index in [4.69, 9.17) is 0 Å². The van der Waals surface area contributed by atoms with Crippen LogP contribution in [-0.4, -0.2) is 0 Å². The first-order valence-corrected chi connectivity index (χ1v) is 7.85. The Morgan fingerprint density at radius 3 is 2.63 bits per heavy atom. The van der Waals surface area contributed by atoms with Crippen molar-refractivity contribution >= 4 is 11.3 Å². The van der Waals surface area contributed by atoms with Gasteiger partial charge in [0.15, 0.2) is 0 Å². The fraction of sp³-hybridized carbons (Fsp3) is 0.412. The van der Waals surface area contributed by atoms with Gasteiger partial charge in [0.05, 0.1) is 0 Å². The molecule has 0 bridgehead atoms. The van der Waals surface area contributed by atoms with Crippen LogP contribution in [-0.2, 0) is 13.0 Å². The number of nitrogens with one attached hydrogen (secondary N) is 1. The Labute approximate surface area is 120 Å². The van der Waals surface area contributed by atoms with Gasteiger partial charge >= 0.3 is 0 Å². The monoisotopic (exact) mass is 273 g/mol. The minimum Gasteiger partial charge on any atom is -0.305 e. The molecule has 0 saturated carbocycles. The van der Waals surface area contributed by atoms with Gasteiger partial charge in [0.1, 0.15) is 0 Å². The van der Waals surface area contributed by atoms with Crippen LogP contribution in [0.25, 0.3) is 0 Å². The zero-order chi connectivity index (χ0) is 13.8. The summed E-state index contributed by atoms with van der Waals surface area (Å²) < 4.78 is 0. The second-order valence-corrected chi connectivity index (χ2v) is 6.17. The zero-order valence-corrected chi connectivity index (χ0v) is 13.1. The maximum atomic E-state index is 3.63. The highest BCUT2D eigenvalue weighted by molar-refractivity contribution is 7.10. The molecule has 1 N–H and O–H groups in total. The van der Waals surface area contributed by atoms with Gasteiger partial charge in [-0.3, -0.25) is 0 Å². The van der Waals surface area contributed by atoms with Crippen molar-refractivity contribution in [2.24, 2.45) is 0 Å². The Bertz CT molecular complexity index is 542. The third-order valence-electron chi connectivity index (χ3n) is 3.82. The molecule has 0 aliphatic carbocycles. The maximum Gasteiger partial charge on any atom is 0.0308 e. The first kappa shape index (κ1) is 14.3. The Balaban J connectivity index is 2.01. The molecule has 0 radical (unpaired) electrons. The van der Waals surface area contributed by atoms with Crippen molar-refractivity contribution in [1.29, 1.82) is 0 Å². The smallest absolute Gasteiger partial charge is 0.0308 e. The van der Waals surface area contributed by atoms with Crippen LogP contribution < -0.4 is 5.32 Å². The van der Waals surface area contributed by atoms with E-state index in [1.165, 1.54) is 27.1 Å². The van der Waals surface area contributed by atoms with E-state index in [9.17, 15) is 0 Å². The lowest BCUT2D eigenvalue weighted by atomic mass is 10.0. The van der Waals surface area contributed by atoms with Gasteiger partial charge in [-0.1, -0.05) is 25.1 Å². The van der Waals surface area contributed by atoms with E-state index in [0.717, 1.165) is 13.0 Å². The van der Waals surface area contributed by atoms with Crippen LogP contribution in [0.3, 0.4) is 0 Å². The van der Waals surface area contributed by atoms with E-state index in [2.05, 4.69) is 62.7 Å². The van der Waals surface area contributed by atoms with Crippen molar-refractivity contribution in [3.05, 3.63) is 56.8 Å². The van der Waals surface area contributed by atoms with Crippen molar-refractivity contribution in [3.8, 4) is 0 Å². The molecule has 1 unspecified atom stereocenters. The molecule has 102 valence electrons. The van der Waals surface area contributed by atoms with Gasteiger partial charge < -0.3 is 5.32 Å². The molecule has 1 aromatic heterocycles. The lowest BCUT2D eigenvalue weighted by molar-refractivity contribution is 0.576. The number of rotatable bonds is 5. The summed E-state index contributed by atoms with van der Waals surface area (Å²) in [6, 6.07) is 9.37. The van der Waals surface area contributed by atoms with Gasteiger partial charge in [0, 0.05) is 17.5 Å². The van der Waals surface area contributed by atoms with E-state index in [-0.39, 0.29) is 0 Å². The average molecular weight is 273 g/mol. The Morgan fingerprint density at radius 1 is 1.16 bits per heavy atom. The molecule has 0 amide bonds. The SMILES string of the molecule is CCc1ccsc1CNC(C)c1ccc(C)c(C)c1. The molecular weight excluding hydrogens is 250 g/mol. The minimum atomic E-state index is 0.395. The third kappa shape index (κ3) is 3.46. The molecule has 1 aromatic carbocycles. The summed E-state index contributed by atoms with van der Waals surface area (Å²) >= 11 is 1.85. The number of aryl methyl sites for hydroxylation is 3. The van der Waals surface area contributed by atoms with Crippen LogP contribution in [0.4, 0.5) is 0 Å². The summed E-state index contributed by atoms with van der Waals surface area (Å²) in [6.07, 6.45) is 1.12. The van der Waals surface area contributed by atoms with Crippen LogP contribution in [0, 0.1) is 13.8 Å². The summed E-state index contributed by atoms with van der Waals surface area (Å²) in [4.78, 5) is 1.47. The largest absolute Gasteiger partial charge is 0.305 e. The first-order valence-electron chi connectivity index (χ1n) is 6.97. The van der Waals surface area contributed by atoms with Gasteiger partial charge in [-0.05, 0) is 60.9 Å². The molecule has 0 spiro atoms. The van der Waals surface area contributed by atoms with Crippen LogP contribution >= 0.6 is 11.3 Å². The third-order valence-corrected chi connectivity index (χ3v) is 4.78. The fourth-order valence-corrected chi connectivity index (χ4v) is 3.16. The molecule has 19 heavy (non-hydrogen) atoms. The Hall–Kier alpha value is -1.12. The highest BCUT2D eigenvalue weighted by atomic mass is 32.1. The molecule has 2 aromatic rings. The van der Waals surface area contributed by atoms with Crippen LogP contribution in [0.1, 0.15) is 47.0 Å². The van der Waals surface area contributed by atoms with E-state index in [0.29, 0.717) is 6.04 Å². The molecule has 0 fully saturated rings. The minimum absolute atomic E-state index is 0.395. The molecule has 0 aliphatic rings. The summed E-state index contributed by atoms with van der Waals surface area (Å²) in [6.45, 7) is 9.77. The van der Waals surface area contributed by atoms with E-state index < -0.39 is 0 Å². The standard InChI is InChI=1S/C17H23NS/c1-5-15-8-9-19-17(15)11-18-14(4)16-7-6-12(2)13(3)10-16/h6-10,14,18H,5,11H2,1-4H3. The Kier molecular flexibility index (Phi) is 4.78. The molecule has 0 aliphatic heterocycles. The van der Waals surface area contributed by atoms with Gasteiger partial charge in [-0.15, -0.1) is 11.3 Å².